The summed E-state index contributed by atoms with van der Waals surface area (Å²) in [4.78, 5) is 0. The lowest BCUT2D eigenvalue weighted by Gasteiger charge is -2.26. The SMILES string of the molecule is CC(C)(CCc1ccccc1)NCC/C(N)=N/O. The van der Waals surface area contributed by atoms with Crippen LogP contribution in [0, 0.1) is 0 Å². The fourth-order valence-corrected chi connectivity index (χ4v) is 1.77. The van der Waals surface area contributed by atoms with Gasteiger partial charge in [0.1, 0.15) is 5.84 Å². The molecule has 0 amide bonds. The molecule has 0 radical (unpaired) electrons. The van der Waals surface area contributed by atoms with Crippen molar-refractivity contribution < 1.29 is 5.21 Å². The maximum absolute atomic E-state index is 8.45. The Morgan fingerprint density at radius 1 is 1.33 bits per heavy atom. The van der Waals surface area contributed by atoms with Gasteiger partial charge in [-0.15, -0.1) is 0 Å². The first-order valence-corrected chi connectivity index (χ1v) is 6.29. The minimum Gasteiger partial charge on any atom is -0.409 e. The molecule has 0 saturated carbocycles. The summed E-state index contributed by atoms with van der Waals surface area (Å²) in [7, 11) is 0. The third kappa shape index (κ3) is 5.68. The van der Waals surface area contributed by atoms with Gasteiger partial charge in [-0.1, -0.05) is 35.5 Å². The predicted octanol–water partition coefficient (Wildman–Crippen LogP) is 2.12. The van der Waals surface area contributed by atoms with Crippen LogP contribution in [0.5, 0.6) is 0 Å². The largest absolute Gasteiger partial charge is 0.409 e. The summed E-state index contributed by atoms with van der Waals surface area (Å²) in [6.45, 7) is 5.06. The van der Waals surface area contributed by atoms with Crippen LogP contribution in [0.1, 0.15) is 32.3 Å². The maximum atomic E-state index is 8.45. The third-order valence-electron chi connectivity index (χ3n) is 2.99. The molecule has 0 atom stereocenters. The van der Waals surface area contributed by atoms with Crippen molar-refractivity contribution >= 4 is 5.84 Å². The Kier molecular flexibility index (Phi) is 5.65. The Morgan fingerprint density at radius 3 is 2.61 bits per heavy atom. The standard InChI is InChI=1S/C14H23N3O/c1-14(2,16-11-9-13(15)17-18)10-8-12-6-4-3-5-7-12/h3-7,16,18H,8-11H2,1-2H3,(H2,15,17). The summed E-state index contributed by atoms with van der Waals surface area (Å²) < 4.78 is 0. The van der Waals surface area contributed by atoms with Gasteiger partial charge in [0.25, 0.3) is 0 Å². The molecule has 1 aromatic carbocycles. The molecule has 1 aromatic rings. The number of hydrogen-bond donors (Lipinski definition) is 3. The van der Waals surface area contributed by atoms with Crippen molar-refractivity contribution in [1.29, 1.82) is 0 Å². The molecule has 100 valence electrons. The van der Waals surface area contributed by atoms with Crippen LogP contribution in [-0.4, -0.2) is 23.1 Å². The van der Waals surface area contributed by atoms with Gasteiger partial charge in [-0.25, -0.2) is 0 Å². The van der Waals surface area contributed by atoms with Crippen LogP contribution >= 0.6 is 0 Å². The molecule has 0 spiro atoms. The normalized spacial score (nSPS) is 12.7. The molecule has 0 aliphatic heterocycles. The molecule has 18 heavy (non-hydrogen) atoms. The highest BCUT2D eigenvalue weighted by atomic mass is 16.4. The van der Waals surface area contributed by atoms with Gasteiger partial charge < -0.3 is 16.3 Å². The highest BCUT2D eigenvalue weighted by Crippen LogP contribution is 2.13. The van der Waals surface area contributed by atoms with Gasteiger partial charge in [0.05, 0.1) is 0 Å². The van der Waals surface area contributed by atoms with Crippen molar-refractivity contribution in [2.45, 2.75) is 38.6 Å². The first kappa shape index (κ1) is 14.5. The molecule has 0 aliphatic carbocycles. The molecule has 0 unspecified atom stereocenters. The summed E-state index contributed by atoms with van der Waals surface area (Å²) >= 11 is 0. The number of benzene rings is 1. The molecule has 0 fully saturated rings. The highest BCUT2D eigenvalue weighted by molar-refractivity contribution is 5.79. The minimum atomic E-state index is 0.0472. The second-order valence-electron chi connectivity index (χ2n) is 5.14. The average molecular weight is 249 g/mol. The number of nitrogens with one attached hydrogen (secondary N) is 1. The number of oxime groups is 1. The second kappa shape index (κ2) is 7.01. The molecule has 4 N–H and O–H groups in total. The lowest BCUT2D eigenvalue weighted by Crippen LogP contribution is -2.41. The molecule has 0 aliphatic rings. The summed E-state index contributed by atoms with van der Waals surface area (Å²) in [6, 6.07) is 10.4. The van der Waals surface area contributed by atoms with Crippen LogP contribution in [0.4, 0.5) is 0 Å². The molecule has 0 heterocycles. The van der Waals surface area contributed by atoms with E-state index in [0.29, 0.717) is 6.42 Å². The molecule has 4 heteroatoms. The Labute approximate surface area is 109 Å². The molecule has 4 nitrogen and oxygen atoms in total. The van der Waals surface area contributed by atoms with Gasteiger partial charge in [0.2, 0.25) is 0 Å². The monoisotopic (exact) mass is 249 g/mol. The van der Waals surface area contributed by atoms with Crippen LogP contribution in [0.3, 0.4) is 0 Å². The minimum absolute atomic E-state index is 0.0472. The maximum Gasteiger partial charge on any atom is 0.140 e. The number of nitrogens with two attached hydrogens (primary N) is 1. The number of nitrogens with zero attached hydrogens (tertiary/aromatic N) is 1. The van der Waals surface area contributed by atoms with E-state index in [4.69, 9.17) is 10.9 Å². The van der Waals surface area contributed by atoms with Crippen molar-refractivity contribution in [3.8, 4) is 0 Å². The van der Waals surface area contributed by atoms with Crippen molar-refractivity contribution in [2.24, 2.45) is 10.9 Å². The van der Waals surface area contributed by atoms with Gasteiger partial charge in [0, 0.05) is 18.5 Å². The summed E-state index contributed by atoms with van der Waals surface area (Å²) in [5.74, 6) is 0.265. The number of aryl methyl sites for hydroxylation is 1. The topological polar surface area (TPSA) is 70.6 Å². The van der Waals surface area contributed by atoms with Crippen molar-refractivity contribution in [3.05, 3.63) is 35.9 Å². The van der Waals surface area contributed by atoms with Crippen LogP contribution in [0.2, 0.25) is 0 Å². The van der Waals surface area contributed by atoms with Crippen LogP contribution in [0.25, 0.3) is 0 Å². The molecule has 0 bridgehead atoms. The first-order chi connectivity index (χ1) is 8.53. The molecule has 0 saturated heterocycles. The Hall–Kier alpha value is -1.55. The first-order valence-electron chi connectivity index (χ1n) is 6.29. The fourth-order valence-electron chi connectivity index (χ4n) is 1.77. The highest BCUT2D eigenvalue weighted by Gasteiger charge is 2.16. The third-order valence-corrected chi connectivity index (χ3v) is 2.99. The lowest BCUT2D eigenvalue weighted by molar-refractivity contribution is 0.315. The zero-order chi connectivity index (χ0) is 13.4. The lowest BCUT2D eigenvalue weighted by atomic mass is 9.95. The smallest absolute Gasteiger partial charge is 0.140 e. The Morgan fingerprint density at radius 2 is 2.00 bits per heavy atom. The van der Waals surface area contributed by atoms with E-state index in [1.54, 1.807) is 0 Å². The number of rotatable bonds is 7. The van der Waals surface area contributed by atoms with E-state index in [9.17, 15) is 0 Å². The average Bonchev–Trinajstić information content (AvgIpc) is 2.37. The number of amidine groups is 1. The Bertz CT molecular complexity index is 374. The predicted molar refractivity (Wildman–Crippen MR) is 74.9 cm³/mol. The van der Waals surface area contributed by atoms with Crippen LogP contribution in [0.15, 0.2) is 35.5 Å². The summed E-state index contributed by atoms with van der Waals surface area (Å²) in [6.07, 6.45) is 2.66. The van der Waals surface area contributed by atoms with E-state index in [-0.39, 0.29) is 11.4 Å². The van der Waals surface area contributed by atoms with Gasteiger partial charge in [-0.3, -0.25) is 0 Å². The van der Waals surface area contributed by atoms with E-state index in [1.165, 1.54) is 5.56 Å². The van der Waals surface area contributed by atoms with Crippen molar-refractivity contribution in [2.75, 3.05) is 6.54 Å². The van der Waals surface area contributed by atoms with Gasteiger partial charge in [0.15, 0.2) is 0 Å². The molecular formula is C14H23N3O. The second-order valence-corrected chi connectivity index (χ2v) is 5.14. The van der Waals surface area contributed by atoms with E-state index >= 15 is 0 Å². The van der Waals surface area contributed by atoms with Crippen molar-refractivity contribution in [3.63, 3.8) is 0 Å². The van der Waals surface area contributed by atoms with E-state index < -0.39 is 0 Å². The van der Waals surface area contributed by atoms with Gasteiger partial charge in [-0.2, -0.15) is 0 Å². The zero-order valence-electron chi connectivity index (χ0n) is 11.2. The van der Waals surface area contributed by atoms with Crippen LogP contribution < -0.4 is 11.1 Å². The molecule has 1 rings (SSSR count). The summed E-state index contributed by atoms with van der Waals surface area (Å²) in [5, 5.41) is 14.8. The zero-order valence-corrected chi connectivity index (χ0v) is 11.2. The number of hydrogen-bond acceptors (Lipinski definition) is 3. The fraction of sp³-hybridized carbons (Fsp3) is 0.500. The van der Waals surface area contributed by atoms with E-state index in [0.717, 1.165) is 19.4 Å². The van der Waals surface area contributed by atoms with E-state index in [2.05, 4.69) is 48.6 Å². The summed E-state index contributed by atoms with van der Waals surface area (Å²) in [5.41, 5.74) is 6.83. The molecule has 0 aromatic heterocycles. The van der Waals surface area contributed by atoms with Crippen LogP contribution in [-0.2, 0) is 6.42 Å². The van der Waals surface area contributed by atoms with Crippen molar-refractivity contribution in [1.82, 2.24) is 5.32 Å². The quantitative estimate of drug-likeness (QED) is 0.300. The van der Waals surface area contributed by atoms with Gasteiger partial charge in [-0.05, 0) is 32.3 Å². The van der Waals surface area contributed by atoms with Gasteiger partial charge >= 0.3 is 0 Å². The van der Waals surface area contributed by atoms with E-state index in [1.807, 2.05) is 6.07 Å². The molecular weight excluding hydrogens is 226 g/mol. The Balaban J connectivity index is 2.31.